The van der Waals surface area contributed by atoms with Crippen molar-refractivity contribution in [2.75, 3.05) is 5.32 Å². The van der Waals surface area contributed by atoms with Gasteiger partial charge in [-0.25, -0.2) is 0 Å². The van der Waals surface area contributed by atoms with Gasteiger partial charge in [-0.1, -0.05) is 40.4 Å². The molecule has 1 aliphatic rings. The van der Waals surface area contributed by atoms with Crippen molar-refractivity contribution in [3.8, 4) is 0 Å². The van der Waals surface area contributed by atoms with E-state index in [2.05, 4.69) is 25.8 Å². The number of anilines is 1. The number of thioether (sulfide) groups is 1. The van der Waals surface area contributed by atoms with Crippen LogP contribution in [-0.2, 0) is 5.88 Å². The molecule has 3 aromatic rings. The highest BCUT2D eigenvalue weighted by Crippen LogP contribution is 2.30. The molecule has 1 aromatic carbocycles. The van der Waals surface area contributed by atoms with Crippen molar-refractivity contribution in [1.29, 1.82) is 0 Å². The molecule has 0 spiro atoms. The lowest BCUT2D eigenvalue weighted by molar-refractivity contribution is 0.644. The zero-order valence-electron chi connectivity index (χ0n) is 11.5. The number of fused-ring (bicyclic) bond motifs is 1. The third-order valence-electron chi connectivity index (χ3n) is 3.25. The van der Waals surface area contributed by atoms with E-state index < -0.39 is 0 Å². The van der Waals surface area contributed by atoms with Crippen LogP contribution in [0.5, 0.6) is 0 Å². The van der Waals surface area contributed by atoms with E-state index in [1.54, 1.807) is 12.1 Å². The molecule has 1 fully saturated rings. The van der Waals surface area contributed by atoms with E-state index in [0.717, 1.165) is 9.47 Å². The molecule has 0 saturated heterocycles. The first kappa shape index (κ1) is 13.6. The third-order valence-corrected chi connectivity index (χ3v) is 5.21. The van der Waals surface area contributed by atoms with Crippen molar-refractivity contribution >= 4 is 39.1 Å². The van der Waals surface area contributed by atoms with E-state index in [1.165, 1.54) is 40.6 Å². The average Bonchev–Trinajstić information content (AvgIpc) is 3.24. The fourth-order valence-electron chi connectivity index (χ4n) is 1.95. The van der Waals surface area contributed by atoms with Gasteiger partial charge in [0.25, 0.3) is 5.56 Å². The molecule has 1 N–H and O–H groups in total. The van der Waals surface area contributed by atoms with Crippen LogP contribution in [0.15, 0.2) is 33.4 Å². The van der Waals surface area contributed by atoms with Crippen LogP contribution < -0.4 is 10.9 Å². The van der Waals surface area contributed by atoms with Gasteiger partial charge in [0.05, 0.1) is 11.3 Å². The first-order valence-electron chi connectivity index (χ1n) is 6.85. The van der Waals surface area contributed by atoms with Gasteiger partial charge in [-0.3, -0.25) is 4.79 Å². The standard InChI is InChI=1S/C13H12N6OS2/c20-11-9-3-1-2-4-10(9)15-18-19(11)7-21-13-17-16-12(22-13)14-8-5-6-8/h1-4,8H,5-7H2,(H,14,16). The zero-order chi connectivity index (χ0) is 14.9. The largest absolute Gasteiger partial charge is 0.357 e. The minimum Gasteiger partial charge on any atom is -0.357 e. The van der Waals surface area contributed by atoms with Gasteiger partial charge in [0.15, 0.2) is 4.34 Å². The molecule has 9 heteroatoms. The second-order valence-electron chi connectivity index (χ2n) is 4.98. The van der Waals surface area contributed by atoms with Crippen molar-refractivity contribution in [3.05, 3.63) is 34.6 Å². The number of nitrogens with zero attached hydrogens (tertiary/aromatic N) is 5. The third kappa shape index (κ3) is 2.81. The molecule has 7 nitrogen and oxygen atoms in total. The molecular weight excluding hydrogens is 320 g/mol. The fourth-order valence-corrected chi connectivity index (χ4v) is 3.64. The van der Waals surface area contributed by atoms with E-state index >= 15 is 0 Å². The molecule has 22 heavy (non-hydrogen) atoms. The summed E-state index contributed by atoms with van der Waals surface area (Å²) in [4.78, 5) is 12.3. The number of aromatic nitrogens is 5. The number of hydrogen-bond acceptors (Lipinski definition) is 8. The maximum absolute atomic E-state index is 12.3. The van der Waals surface area contributed by atoms with Crippen LogP contribution in [0.3, 0.4) is 0 Å². The van der Waals surface area contributed by atoms with Crippen LogP contribution in [0.4, 0.5) is 5.13 Å². The highest BCUT2D eigenvalue weighted by atomic mass is 32.2. The van der Waals surface area contributed by atoms with E-state index in [-0.39, 0.29) is 5.56 Å². The van der Waals surface area contributed by atoms with Gasteiger partial charge in [-0.05, 0) is 25.0 Å². The van der Waals surface area contributed by atoms with Crippen molar-refractivity contribution in [3.63, 3.8) is 0 Å². The van der Waals surface area contributed by atoms with E-state index in [0.29, 0.717) is 22.8 Å². The number of hydrogen-bond donors (Lipinski definition) is 1. The number of nitrogens with one attached hydrogen (secondary N) is 1. The summed E-state index contributed by atoms with van der Waals surface area (Å²) in [5, 5.41) is 20.9. The summed E-state index contributed by atoms with van der Waals surface area (Å²) in [5.41, 5.74) is 0.472. The Labute approximate surface area is 133 Å². The van der Waals surface area contributed by atoms with Gasteiger partial charge in [-0.15, -0.1) is 15.3 Å². The maximum Gasteiger partial charge on any atom is 0.278 e. The van der Waals surface area contributed by atoms with E-state index in [1.807, 2.05) is 12.1 Å². The summed E-state index contributed by atoms with van der Waals surface area (Å²) >= 11 is 2.93. The first-order chi connectivity index (χ1) is 10.8. The second kappa shape index (κ2) is 5.65. The second-order valence-corrected chi connectivity index (χ2v) is 7.15. The molecule has 1 aliphatic carbocycles. The van der Waals surface area contributed by atoms with Crippen LogP contribution in [-0.4, -0.2) is 31.2 Å². The monoisotopic (exact) mass is 332 g/mol. The Morgan fingerprint density at radius 1 is 1.27 bits per heavy atom. The van der Waals surface area contributed by atoms with Gasteiger partial charge >= 0.3 is 0 Å². The molecule has 0 amide bonds. The summed E-state index contributed by atoms with van der Waals surface area (Å²) in [7, 11) is 0. The summed E-state index contributed by atoms with van der Waals surface area (Å²) < 4.78 is 2.16. The van der Waals surface area contributed by atoms with Crippen molar-refractivity contribution in [2.24, 2.45) is 0 Å². The van der Waals surface area contributed by atoms with Crippen LogP contribution in [0.2, 0.25) is 0 Å². The topological polar surface area (TPSA) is 85.6 Å². The zero-order valence-corrected chi connectivity index (χ0v) is 13.1. The quantitative estimate of drug-likeness (QED) is 0.715. The highest BCUT2D eigenvalue weighted by molar-refractivity contribution is 8.00. The first-order valence-corrected chi connectivity index (χ1v) is 8.65. The van der Waals surface area contributed by atoms with Gasteiger partial charge in [0.1, 0.15) is 5.52 Å². The molecule has 0 aliphatic heterocycles. The SMILES string of the molecule is O=c1c2ccccc2nnn1CSc1nnc(NC2CC2)s1. The van der Waals surface area contributed by atoms with Crippen molar-refractivity contribution < 1.29 is 0 Å². The van der Waals surface area contributed by atoms with Gasteiger partial charge in [0.2, 0.25) is 5.13 Å². The maximum atomic E-state index is 12.3. The van der Waals surface area contributed by atoms with Crippen LogP contribution in [0.25, 0.3) is 10.9 Å². The smallest absolute Gasteiger partial charge is 0.278 e. The molecule has 0 radical (unpaired) electrons. The molecule has 2 aromatic heterocycles. The predicted octanol–water partition coefficient (Wildman–Crippen LogP) is 1.97. The Morgan fingerprint density at radius 3 is 3.00 bits per heavy atom. The van der Waals surface area contributed by atoms with Gasteiger partial charge < -0.3 is 5.32 Å². The lowest BCUT2D eigenvalue weighted by atomic mass is 10.2. The van der Waals surface area contributed by atoms with Crippen molar-refractivity contribution in [1.82, 2.24) is 25.2 Å². The Balaban J connectivity index is 1.50. The average molecular weight is 332 g/mol. The lowest BCUT2D eigenvalue weighted by Gasteiger charge is -2.02. The van der Waals surface area contributed by atoms with E-state index in [9.17, 15) is 4.79 Å². The minimum absolute atomic E-state index is 0.140. The summed E-state index contributed by atoms with van der Waals surface area (Å²) in [6.45, 7) is 0. The molecule has 1 saturated carbocycles. The Kier molecular flexibility index (Phi) is 3.51. The summed E-state index contributed by atoms with van der Waals surface area (Å²) in [5.74, 6) is 0.370. The molecule has 0 unspecified atom stereocenters. The molecule has 0 atom stereocenters. The summed E-state index contributed by atoms with van der Waals surface area (Å²) in [6, 6.07) is 7.76. The van der Waals surface area contributed by atoms with Crippen LogP contribution in [0.1, 0.15) is 12.8 Å². The number of benzene rings is 1. The molecule has 0 bridgehead atoms. The highest BCUT2D eigenvalue weighted by Gasteiger charge is 2.22. The Morgan fingerprint density at radius 2 is 2.14 bits per heavy atom. The predicted molar refractivity (Wildman–Crippen MR) is 86.2 cm³/mol. The number of rotatable bonds is 5. The van der Waals surface area contributed by atoms with Crippen molar-refractivity contribution in [2.45, 2.75) is 29.1 Å². The Hall–Kier alpha value is -2.00. The van der Waals surface area contributed by atoms with Crippen LogP contribution >= 0.6 is 23.1 Å². The molecular formula is C13H12N6OS2. The molecule has 112 valence electrons. The van der Waals surface area contributed by atoms with Crippen LogP contribution in [0, 0.1) is 0 Å². The normalized spacial score (nSPS) is 14.4. The van der Waals surface area contributed by atoms with Gasteiger partial charge in [-0.2, -0.15) is 4.68 Å². The lowest BCUT2D eigenvalue weighted by Crippen LogP contribution is -2.23. The molecule has 2 heterocycles. The van der Waals surface area contributed by atoms with Gasteiger partial charge in [0, 0.05) is 6.04 Å². The summed E-state index contributed by atoms with van der Waals surface area (Å²) in [6.07, 6.45) is 2.40. The Bertz CT molecular complexity index is 872. The fraction of sp³-hybridized carbons (Fsp3) is 0.308. The molecule has 4 rings (SSSR count). The van der Waals surface area contributed by atoms with E-state index in [4.69, 9.17) is 0 Å². The minimum atomic E-state index is -0.140.